The second-order valence-corrected chi connectivity index (χ2v) is 8.53. The highest BCUT2D eigenvalue weighted by Gasteiger charge is 2.16. The molecule has 1 N–H and O–H groups in total. The van der Waals surface area contributed by atoms with Crippen molar-refractivity contribution in [1.29, 1.82) is 0 Å². The van der Waals surface area contributed by atoms with E-state index in [2.05, 4.69) is 47.4 Å². The number of rotatable bonds is 9. The number of nitrogens with one attached hydrogen (secondary N) is 1. The number of hydrogen-bond donors (Lipinski definition) is 1. The van der Waals surface area contributed by atoms with Crippen molar-refractivity contribution < 1.29 is 4.79 Å². The van der Waals surface area contributed by atoms with Crippen molar-refractivity contribution >= 4 is 29.0 Å². The molecule has 2 aromatic heterocycles. The Kier molecular flexibility index (Phi) is 7.06. The first-order valence-corrected chi connectivity index (χ1v) is 11.0. The molecule has 1 amide bonds. The molecule has 0 aliphatic rings. The molecule has 146 valence electrons. The van der Waals surface area contributed by atoms with E-state index in [0.29, 0.717) is 24.8 Å². The molecule has 0 fully saturated rings. The van der Waals surface area contributed by atoms with Gasteiger partial charge >= 0.3 is 0 Å². The summed E-state index contributed by atoms with van der Waals surface area (Å²) >= 11 is 3.13. The highest BCUT2D eigenvalue weighted by molar-refractivity contribution is 7.99. The van der Waals surface area contributed by atoms with Crippen molar-refractivity contribution in [2.24, 2.45) is 0 Å². The Morgan fingerprint density at radius 1 is 1.32 bits per heavy atom. The fraction of sp³-hybridized carbons (Fsp3) is 0.286. The molecule has 0 aliphatic carbocycles. The van der Waals surface area contributed by atoms with Gasteiger partial charge in [-0.3, -0.25) is 9.36 Å². The number of allylic oxidation sites excluding steroid dienone is 1. The zero-order valence-corrected chi connectivity index (χ0v) is 17.7. The molecule has 0 saturated heterocycles. The molecule has 0 spiro atoms. The number of benzene rings is 1. The van der Waals surface area contributed by atoms with Crippen molar-refractivity contribution in [3.8, 4) is 11.4 Å². The molecule has 0 unspecified atom stereocenters. The van der Waals surface area contributed by atoms with E-state index in [4.69, 9.17) is 0 Å². The standard InChI is InChI=1S/C21H24N4OS2/c1-4-10-25-20(17-11-18(15(2)3)27-13-17)23-24-21(25)28-14-19(26)22-12-16-8-6-5-7-9-16/h4-9,11,13,15H,1,10,12,14H2,2-3H3,(H,22,26). The summed E-state index contributed by atoms with van der Waals surface area (Å²) in [5.74, 6) is 1.57. The maximum Gasteiger partial charge on any atom is 0.230 e. The second-order valence-electron chi connectivity index (χ2n) is 6.65. The van der Waals surface area contributed by atoms with Gasteiger partial charge in [-0.15, -0.1) is 28.1 Å². The minimum absolute atomic E-state index is 0.0267. The van der Waals surface area contributed by atoms with E-state index in [9.17, 15) is 4.79 Å². The molecular formula is C21H24N4OS2. The molecule has 0 atom stereocenters. The Morgan fingerprint density at radius 3 is 2.79 bits per heavy atom. The summed E-state index contributed by atoms with van der Waals surface area (Å²) in [5, 5.41) is 14.5. The fourth-order valence-electron chi connectivity index (χ4n) is 2.65. The van der Waals surface area contributed by atoms with Gasteiger partial charge in [-0.1, -0.05) is 62.0 Å². The summed E-state index contributed by atoms with van der Waals surface area (Å²) < 4.78 is 2.01. The normalized spacial score (nSPS) is 11.0. The third-order valence-electron chi connectivity index (χ3n) is 4.14. The Labute approximate surface area is 173 Å². The fourth-order valence-corrected chi connectivity index (χ4v) is 4.33. The molecule has 3 rings (SSSR count). The summed E-state index contributed by atoms with van der Waals surface area (Å²) in [4.78, 5) is 13.5. The SMILES string of the molecule is C=CCn1c(SCC(=O)NCc2ccccc2)nnc1-c1csc(C(C)C)c1. The van der Waals surface area contributed by atoms with Gasteiger partial charge in [-0.2, -0.15) is 0 Å². The smallest absolute Gasteiger partial charge is 0.230 e. The molecule has 2 heterocycles. The number of hydrogen-bond acceptors (Lipinski definition) is 5. The first-order valence-electron chi connectivity index (χ1n) is 9.14. The molecule has 0 radical (unpaired) electrons. The summed E-state index contributed by atoms with van der Waals surface area (Å²) in [7, 11) is 0. The molecule has 7 heteroatoms. The third kappa shape index (κ3) is 5.11. The second kappa shape index (κ2) is 9.71. The van der Waals surface area contributed by atoms with Crippen LogP contribution in [-0.2, 0) is 17.9 Å². The number of carbonyl (C=O) groups is 1. The van der Waals surface area contributed by atoms with Crippen molar-refractivity contribution in [3.05, 3.63) is 64.9 Å². The topological polar surface area (TPSA) is 59.8 Å². The van der Waals surface area contributed by atoms with Crippen LogP contribution in [0, 0.1) is 0 Å². The number of thioether (sulfide) groups is 1. The van der Waals surface area contributed by atoms with E-state index in [0.717, 1.165) is 22.1 Å². The maximum absolute atomic E-state index is 12.2. The van der Waals surface area contributed by atoms with Gasteiger partial charge in [-0.05, 0) is 17.5 Å². The lowest BCUT2D eigenvalue weighted by atomic mass is 10.1. The van der Waals surface area contributed by atoms with Crippen molar-refractivity contribution in [2.75, 3.05) is 5.75 Å². The van der Waals surface area contributed by atoms with Crippen molar-refractivity contribution in [2.45, 2.75) is 38.0 Å². The summed E-state index contributed by atoms with van der Waals surface area (Å²) in [6.45, 7) is 9.33. The summed E-state index contributed by atoms with van der Waals surface area (Å²) in [6, 6.07) is 12.0. The molecule has 28 heavy (non-hydrogen) atoms. The largest absolute Gasteiger partial charge is 0.351 e. The quantitative estimate of drug-likeness (QED) is 0.408. The Morgan fingerprint density at radius 2 is 2.11 bits per heavy atom. The Bertz CT molecular complexity index is 931. The minimum atomic E-state index is -0.0267. The van der Waals surface area contributed by atoms with Gasteiger partial charge in [0.1, 0.15) is 0 Å². The molecule has 0 bridgehead atoms. The third-order valence-corrected chi connectivity index (χ3v) is 6.34. The summed E-state index contributed by atoms with van der Waals surface area (Å²) in [6.07, 6.45) is 1.82. The number of carbonyl (C=O) groups excluding carboxylic acids is 1. The van der Waals surface area contributed by atoms with E-state index in [1.165, 1.54) is 16.6 Å². The average molecular weight is 413 g/mol. The van der Waals surface area contributed by atoms with Gasteiger partial charge in [-0.25, -0.2) is 0 Å². The van der Waals surface area contributed by atoms with Gasteiger partial charge in [0.15, 0.2) is 11.0 Å². The van der Waals surface area contributed by atoms with Crippen LogP contribution in [0.15, 0.2) is 59.6 Å². The van der Waals surface area contributed by atoms with E-state index in [1.54, 1.807) is 11.3 Å². The van der Waals surface area contributed by atoms with Crippen molar-refractivity contribution in [3.63, 3.8) is 0 Å². The minimum Gasteiger partial charge on any atom is -0.351 e. The summed E-state index contributed by atoms with van der Waals surface area (Å²) in [5.41, 5.74) is 2.14. The predicted molar refractivity (Wildman–Crippen MR) is 117 cm³/mol. The van der Waals surface area contributed by atoms with Crippen LogP contribution < -0.4 is 5.32 Å². The van der Waals surface area contributed by atoms with Crippen LogP contribution in [0.1, 0.15) is 30.2 Å². The van der Waals surface area contributed by atoms with E-state index >= 15 is 0 Å². The molecule has 3 aromatic rings. The van der Waals surface area contributed by atoms with Crippen LogP contribution >= 0.6 is 23.1 Å². The zero-order chi connectivity index (χ0) is 19.9. The average Bonchev–Trinajstić information content (AvgIpc) is 3.33. The van der Waals surface area contributed by atoms with E-state index < -0.39 is 0 Å². The Balaban J connectivity index is 1.65. The lowest BCUT2D eigenvalue weighted by Crippen LogP contribution is -2.24. The number of aromatic nitrogens is 3. The Hall–Kier alpha value is -2.38. The van der Waals surface area contributed by atoms with Crippen LogP contribution in [-0.4, -0.2) is 26.4 Å². The van der Waals surface area contributed by atoms with Gasteiger partial charge < -0.3 is 5.32 Å². The van der Waals surface area contributed by atoms with Crippen LogP contribution in [0.25, 0.3) is 11.4 Å². The number of amides is 1. The van der Waals surface area contributed by atoms with Crippen LogP contribution in [0.5, 0.6) is 0 Å². The maximum atomic E-state index is 12.2. The van der Waals surface area contributed by atoms with Gasteiger partial charge in [0.2, 0.25) is 5.91 Å². The lowest BCUT2D eigenvalue weighted by molar-refractivity contribution is -0.118. The van der Waals surface area contributed by atoms with Crippen LogP contribution in [0.3, 0.4) is 0 Å². The predicted octanol–water partition coefficient (Wildman–Crippen LogP) is 4.72. The lowest BCUT2D eigenvalue weighted by Gasteiger charge is -2.07. The van der Waals surface area contributed by atoms with Crippen LogP contribution in [0.2, 0.25) is 0 Å². The molecule has 0 saturated carbocycles. The molecule has 5 nitrogen and oxygen atoms in total. The zero-order valence-electron chi connectivity index (χ0n) is 16.1. The van der Waals surface area contributed by atoms with Gasteiger partial charge in [0.25, 0.3) is 0 Å². The monoisotopic (exact) mass is 412 g/mol. The molecule has 0 aliphatic heterocycles. The first-order chi connectivity index (χ1) is 13.6. The number of nitrogens with zero attached hydrogens (tertiary/aromatic N) is 3. The van der Waals surface area contributed by atoms with Crippen LogP contribution in [0.4, 0.5) is 0 Å². The van der Waals surface area contributed by atoms with Crippen molar-refractivity contribution in [1.82, 2.24) is 20.1 Å². The van der Waals surface area contributed by atoms with Gasteiger partial charge in [0, 0.05) is 28.9 Å². The highest BCUT2D eigenvalue weighted by atomic mass is 32.2. The highest BCUT2D eigenvalue weighted by Crippen LogP contribution is 2.31. The number of thiophene rings is 1. The van der Waals surface area contributed by atoms with E-state index in [1.807, 2.05) is 41.0 Å². The first kappa shape index (κ1) is 20.4. The van der Waals surface area contributed by atoms with E-state index in [-0.39, 0.29) is 5.91 Å². The molecular weight excluding hydrogens is 388 g/mol. The van der Waals surface area contributed by atoms with Gasteiger partial charge in [0.05, 0.1) is 5.75 Å². The molecule has 1 aromatic carbocycles.